The standard InChI is InChI=1S/C18H16Cl2N2O4/c1-10(23)21-14-6-3-11(4-7-14)17(24)22-16(18(25)26)8-12-2-5-13(19)9-15(12)20/h2-7,9,16H,8H2,1H3,(H,21,23)(H,22,24)(H,25,26). The zero-order chi connectivity index (χ0) is 19.3. The van der Waals surface area contributed by atoms with Gasteiger partial charge in [0.2, 0.25) is 5.91 Å². The number of anilines is 1. The summed E-state index contributed by atoms with van der Waals surface area (Å²) in [4.78, 5) is 34.8. The molecule has 0 saturated carbocycles. The van der Waals surface area contributed by atoms with E-state index in [4.69, 9.17) is 23.2 Å². The van der Waals surface area contributed by atoms with Gasteiger partial charge >= 0.3 is 5.97 Å². The van der Waals surface area contributed by atoms with Gasteiger partial charge in [0.15, 0.2) is 0 Å². The molecule has 6 nitrogen and oxygen atoms in total. The summed E-state index contributed by atoms with van der Waals surface area (Å²) in [5.74, 6) is -1.95. The van der Waals surface area contributed by atoms with Crippen molar-refractivity contribution in [1.82, 2.24) is 5.32 Å². The summed E-state index contributed by atoms with van der Waals surface area (Å²) in [6, 6.07) is 9.68. The van der Waals surface area contributed by atoms with E-state index in [2.05, 4.69) is 10.6 Å². The Balaban J connectivity index is 2.10. The van der Waals surface area contributed by atoms with Crippen LogP contribution in [0.25, 0.3) is 0 Å². The molecule has 26 heavy (non-hydrogen) atoms. The van der Waals surface area contributed by atoms with Gasteiger partial charge in [-0.3, -0.25) is 9.59 Å². The van der Waals surface area contributed by atoms with Crippen LogP contribution in [0, 0.1) is 0 Å². The Bertz CT molecular complexity index is 838. The maximum Gasteiger partial charge on any atom is 0.326 e. The van der Waals surface area contributed by atoms with E-state index in [1.54, 1.807) is 24.3 Å². The topological polar surface area (TPSA) is 95.5 Å². The zero-order valence-corrected chi connectivity index (χ0v) is 15.3. The molecule has 0 aliphatic heterocycles. The molecular formula is C18H16Cl2N2O4. The zero-order valence-electron chi connectivity index (χ0n) is 13.8. The molecule has 0 aliphatic rings. The van der Waals surface area contributed by atoms with Gasteiger partial charge in [0.05, 0.1) is 0 Å². The first-order valence-corrected chi connectivity index (χ1v) is 8.37. The highest BCUT2D eigenvalue weighted by atomic mass is 35.5. The van der Waals surface area contributed by atoms with E-state index >= 15 is 0 Å². The SMILES string of the molecule is CC(=O)Nc1ccc(C(=O)NC(Cc2ccc(Cl)cc2Cl)C(=O)O)cc1. The second-order valence-corrected chi connectivity index (χ2v) is 6.41. The largest absolute Gasteiger partial charge is 0.480 e. The minimum Gasteiger partial charge on any atom is -0.480 e. The Kier molecular flexibility index (Phi) is 6.60. The van der Waals surface area contributed by atoms with Crippen molar-refractivity contribution < 1.29 is 19.5 Å². The fourth-order valence-corrected chi connectivity index (χ4v) is 2.74. The fraction of sp³-hybridized carbons (Fsp3) is 0.167. The maximum absolute atomic E-state index is 12.3. The van der Waals surface area contributed by atoms with Crippen LogP contribution in [-0.2, 0) is 16.0 Å². The summed E-state index contributed by atoms with van der Waals surface area (Å²) < 4.78 is 0. The maximum atomic E-state index is 12.3. The minimum atomic E-state index is -1.18. The van der Waals surface area contributed by atoms with Crippen LogP contribution in [0.1, 0.15) is 22.8 Å². The highest BCUT2D eigenvalue weighted by Crippen LogP contribution is 2.22. The van der Waals surface area contributed by atoms with Crippen molar-refractivity contribution in [2.75, 3.05) is 5.32 Å². The molecule has 0 aliphatic carbocycles. The lowest BCUT2D eigenvalue weighted by molar-refractivity contribution is -0.139. The molecule has 0 radical (unpaired) electrons. The van der Waals surface area contributed by atoms with Crippen LogP contribution in [0.2, 0.25) is 10.0 Å². The number of carboxylic acid groups (broad SMARTS) is 1. The molecule has 0 spiro atoms. The number of hydrogen-bond donors (Lipinski definition) is 3. The summed E-state index contributed by atoms with van der Waals surface area (Å²) in [5.41, 5.74) is 1.37. The molecule has 1 unspecified atom stereocenters. The highest BCUT2D eigenvalue weighted by Gasteiger charge is 2.22. The van der Waals surface area contributed by atoms with Crippen molar-refractivity contribution >= 4 is 46.7 Å². The molecule has 2 aromatic carbocycles. The van der Waals surface area contributed by atoms with Crippen molar-refractivity contribution in [2.45, 2.75) is 19.4 Å². The predicted octanol–water partition coefficient (Wildman–Crippen LogP) is 3.38. The Labute approximate surface area is 160 Å². The molecule has 0 aromatic heterocycles. The molecular weight excluding hydrogens is 379 g/mol. The third kappa shape index (κ3) is 5.47. The van der Waals surface area contributed by atoms with Crippen molar-refractivity contribution in [3.05, 3.63) is 63.6 Å². The minimum absolute atomic E-state index is 0.0149. The van der Waals surface area contributed by atoms with Gasteiger partial charge in [-0.25, -0.2) is 4.79 Å². The van der Waals surface area contributed by atoms with Gasteiger partial charge in [-0.1, -0.05) is 29.3 Å². The number of halogens is 2. The number of carbonyl (C=O) groups excluding carboxylic acids is 2. The molecule has 3 N–H and O–H groups in total. The monoisotopic (exact) mass is 394 g/mol. The van der Waals surface area contributed by atoms with Gasteiger partial charge in [0.25, 0.3) is 5.91 Å². The molecule has 0 heterocycles. The van der Waals surface area contributed by atoms with Crippen LogP contribution in [0.4, 0.5) is 5.69 Å². The normalized spacial score (nSPS) is 11.5. The average Bonchev–Trinajstić information content (AvgIpc) is 2.56. The van der Waals surface area contributed by atoms with Crippen molar-refractivity contribution in [3.8, 4) is 0 Å². The van der Waals surface area contributed by atoms with Gasteiger partial charge in [-0.05, 0) is 42.0 Å². The van der Waals surface area contributed by atoms with Crippen molar-refractivity contribution in [1.29, 1.82) is 0 Å². The van der Waals surface area contributed by atoms with Crippen LogP contribution < -0.4 is 10.6 Å². The Morgan fingerprint density at radius 3 is 2.27 bits per heavy atom. The average molecular weight is 395 g/mol. The highest BCUT2D eigenvalue weighted by molar-refractivity contribution is 6.35. The number of rotatable bonds is 6. The quantitative estimate of drug-likeness (QED) is 0.699. The summed E-state index contributed by atoms with van der Waals surface area (Å²) in [6.07, 6.45) is 0.0149. The van der Waals surface area contributed by atoms with Gasteiger partial charge in [0.1, 0.15) is 6.04 Å². The second kappa shape index (κ2) is 8.69. The first kappa shape index (κ1) is 19.8. The van der Waals surface area contributed by atoms with Crippen molar-refractivity contribution in [3.63, 3.8) is 0 Å². The predicted molar refractivity (Wildman–Crippen MR) is 99.8 cm³/mol. The number of hydrogen-bond acceptors (Lipinski definition) is 3. The van der Waals surface area contributed by atoms with E-state index in [9.17, 15) is 19.5 Å². The number of amides is 2. The lowest BCUT2D eigenvalue weighted by Gasteiger charge is -2.16. The van der Waals surface area contributed by atoms with E-state index in [1.807, 2.05) is 0 Å². The van der Waals surface area contributed by atoms with Crippen LogP contribution in [0.3, 0.4) is 0 Å². The first-order chi connectivity index (χ1) is 12.3. The lowest BCUT2D eigenvalue weighted by atomic mass is 10.1. The summed E-state index contributed by atoms with van der Waals surface area (Å²) in [6.45, 7) is 1.37. The fourth-order valence-electron chi connectivity index (χ4n) is 2.26. The van der Waals surface area contributed by atoms with Crippen LogP contribution >= 0.6 is 23.2 Å². The molecule has 0 saturated heterocycles. The van der Waals surface area contributed by atoms with Crippen LogP contribution in [-0.4, -0.2) is 28.9 Å². The summed E-state index contributed by atoms with van der Waals surface area (Å²) in [5, 5.41) is 15.2. The number of benzene rings is 2. The van der Waals surface area contributed by atoms with Gasteiger partial charge in [0, 0.05) is 34.6 Å². The van der Waals surface area contributed by atoms with Gasteiger partial charge < -0.3 is 15.7 Å². The van der Waals surface area contributed by atoms with E-state index in [0.717, 1.165) is 0 Å². The third-order valence-electron chi connectivity index (χ3n) is 3.51. The molecule has 0 fully saturated rings. The number of nitrogens with one attached hydrogen (secondary N) is 2. The van der Waals surface area contributed by atoms with Crippen LogP contribution in [0.5, 0.6) is 0 Å². The molecule has 1 atom stereocenters. The van der Waals surface area contributed by atoms with E-state index in [1.165, 1.54) is 25.1 Å². The van der Waals surface area contributed by atoms with Crippen molar-refractivity contribution in [2.24, 2.45) is 0 Å². The molecule has 8 heteroatoms. The summed E-state index contributed by atoms with van der Waals surface area (Å²) >= 11 is 11.9. The number of carboxylic acids is 1. The van der Waals surface area contributed by atoms with E-state index in [-0.39, 0.29) is 17.9 Å². The molecule has 2 rings (SSSR count). The van der Waals surface area contributed by atoms with E-state index < -0.39 is 17.9 Å². The molecule has 2 amide bonds. The Morgan fingerprint density at radius 2 is 1.73 bits per heavy atom. The Hall–Kier alpha value is -2.57. The first-order valence-electron chi connectivity index (χ1n) is 7.61. The number of carbonyl (C=O) groups is 3. The second-order valence-electron chi connectivity index (χ2n) is 5.56. The molecule has 0 bridgehead atoms. The molecule has 2 aromatic rings. The van der Waals surface area contributed by atoms with Gasteiger partial charge in [-0.15, -0.1) is 0 Å². The summed E-state index contributed by atoms with van der Waals surface area (Å²) in [7, 11) is 0. The van der Waals surface area contributed by atoms with Crippen LogP contribution in [0.15, 0.2) is 42.5 Å². The molecule has 136 valence electrons. The smallest absolute Gasteiger partial charge is 0.326 e. The van der Waals surface area contributed by atoms with E-state index in [0.29, 0.717) is 21.3 Å². The Morgan fingerprint density at radius 1 is 1.08 bits per heavy atom. The third-order valence-corrected chi connectivity index (χ3v) is 4.10. The lowest BCUT2D eigenvalue weighted by Crippen LogP contribution is -2.42. The number of aliphatic carboxylic acids is 1. The van der Waals surface area contributed by atoms with Gasteiger partial charge in [-0.2, -0.15) is 0 Å².